The summed E-state index contributed by atoms with van der Waals surface area (Å²) in [7, 11) is 1.75. The number of fused-ring (bicyclic) bond motifs is 4. The lowest BCUT2D eigenvalue weighted by molar-refractivity contribution is 0.305. The quantitative estimate of drug-likeness (QED) is 0.0876. The summed E-state index contributed by atoms with van der Waals surface area (Å²) in [5.41, 5.74) is 7.56. The van der Waals surface area contributed by atoms with Gasteiger partial charge in [0.1, 0.15) is 11.5 Å². The lowest BCUT2D eigenvalue weighted by Gasteiger charge is -2.24. The molecule has 250 valence electrons. The normalized spacial score (nSPS) is 12.2. The summed E-state index contributed by atoms with van der Waals surface area (Å²) in [4.78, 5) is 0. The van der Waals surface area contributed by atoms with Crippen LogP contribution in [0.4, 0.5) is 0 Å². The van der Waals surface area contributed by atoms with Crippen LogP contribution in [-0.4, -0.2) is 13.7 Å². The van der Waals surface area contributed by atoms with E-state index < -0.39 is 0 Å². The fourth-order valence-electron chi connectivity index (χ4n) is 7.82. The highest BCUT2D eigenvalue weighted by Gasteiger charge is 2.23. The van der Waals surface area contributed by atoms with Crippen LogP contribution in [0.2, 0.25) is 0 Å². The van der Waals surface area contributed by atoms with Gasteiger partial charge in [-0.1, -0.05) is 119 Å². The Morgan fingerprint density at radius 1 is 0.520 bits per heavy atom. The van der Waals surface area contributed by atoms with Crippen molar-refractivity contribution in [3.63, 3.8) is 0 Å². The molecule has 0 aromatic heterocycles. The van der Waals surface area contributed by atoms with E-state index in [1.807, 2.05) is 0 Å². The van der Waals surface area contributed by atoms with Gasteiger partial charge in [0.15, 0.2) is 0 Å². The Labute approximate surface area is 296 Å². The molecule has 0 heterocycles. The van der Waals surface area contributed by atoms with Crippen LogP contribution in [0, 0.1) is 6.92 Å². The Morgan fingerprint density at radius 2 is 1.16 bits per heavy atom. The Balaban J connectivity index is 1.50. The number of ether oxygens (including phenoxy) is 2. The summed E-state index contributed by atoms with van der Waals surface area (Å²) in [5, 5.41) is 12.7. The maximum Gasteiger partial charge on any atom is 0.119 e. The molecule has 0 aliphatic rings. The first-order valence-electron chi connectivity index (χ1n) is 18.2. The van der Waals surface area contributed by atoms with Crippen molar-refractivity contribution in [2.45, 2.75) is 65.7 Å². The van der Waals surface area contributed by atoms with Crippen molar-refractivity contribution in [2.75, 3.05) is 13.7 Å². The van der Waals surface area contributed by atoms with Crippen LogP contribution in [0.25, 0.3) is 76.1 Å². The molecule has 0 aliphatic carbocycles. The van der Waals surface area contributed by atoms with Crippen LogP contribution in [0.15, 0.2) is 109 Å². The van der Waals surface area contributed by atoms with Crippen molar-refractivity contribution < 1.29 is 9.47 Å². The van der Waals surface area contributed by atoms with Crippen LogP contribution < -0.4 is 9.47 Å². The van der Waals surface area contributed by atoms with Crippen molar-refractivity contribution >= 4 is 53.9 Å². The summed E-state index contributed by atoms with van der Waals surface area (Å²) in [6.45, 7) is 12.1. The minimum Gasteiger partial charge on any atom is -0.497 e. The molecule has 2 nitrogen and oxygen atoms in total. The van der Waals surface area contributed by atoms with E-state index in [1.54, 1.807) is 7.11 Å². The van der Waals surface area contributed by atoms with Gasteiger partial charge in [-0.05, 0) is 143 Å². The molecule has 8 aromatic rings. The summed E-state index contributed by atoms with van der Waals surface area (Å²) >= 11 is 0. The minimum atomic E-state index is 0.00417. The molecule has 0 amide bonds. The summed E-state index contributed by atoms with van der Waals surface area (Å²) < 4.78 is 12.0. The van der Waals surface area contributed by atoms with Gasteiger partial charge in [-0.3, -0.25) is 0 Å². The standard InChI is InChI=1S/C48H46O2/c1-7-8-9-10-23-50-38-20-17-33(18-21-38)41-28-36-25-37(48(3,4)5)24-35-27-40(31-13-11-30(2)12-14-31)43-26-34-16-15-32-19-22-39(49-6)29-42(32)45(34)46(41)47(43)44(35)36/h11-22,24-29H,7-10,23H2,1-6H3. The second kappa shape index (κ2) is 12.7. The van der Waals surface area contributed by atoms with Crippen LogP contribution in [0.5, 0.6) is 11.5 Å². The van der Waals surface area contributed by atoms with Crippen molar-refractivity contribution in [3.8, 4) is 33.8 Å². The fourth-order valence-corrected chi connectivity index (χ4v) is 7.82. The Bertz CT molecular complexity index is 2500. The van der Waals surface area contributed by atoms with E-state index in [9.17, 15) is 0 Å². The SMILES string of the molecule is CCCCCCOc1ccc(-c2cc3cc(C(C)(C)C)cc4cc(-c5ccc(C)cc5)c5cc6ccc7ccc(OC)cc7c6c2c5c43)cc1. The van der Waals surface area contributed by atoms with Crippen molar-refractivity contribution in [1.29, 1.82) is 0 Å². The van der Waals surface area contributed by atoms with Crippen molar-refractivity contribution in [2.24, 2.45) is 0 Å². The smallest absolute Gasteiger partial charge is 0.119 e. The second-order valence-electron chi connectivity index (χ2n) is 15.1. The van der Waals surface area contributed by atoms with Crippen molar-refractivity contribution in [1.82, 2.24) is 0 Å². The Kier molecular flexibility index (Phi) is 8.14. The van der Waals surface area contributed by atoms with E-state index in [0.717, 1.165) is 24.5 Å². The third-order valence-corrected chi connectivity index (χ3v) is 10.6. The topological polar surface area (TPSA) is 18.5 Å². The number of aryl methyl sites for hydroxylation is 1. The first kappa shape index (κ1) is 32.1. The van der Waals surface area contributed by atoms with E-state index in [0.29, 0.717) is 0 Å². The van der Waals surface area contributed by atoms with Crippen LogP contribution in [0.1, 0.15) is 64.5 Å². The molecule has 0 saturated carbocycles. The van der Waals surface area contributed by atoms with E-state index in [1.165, 1.54) is 107 Å². The maximum atomic E-state index is 6.20. The highest BCUT2D eigenvalue weighted by molar-refractivity contribution is 6.37. The van der Waals surface area contributed by atoms with E-state index >= 15 is 0 Å². The zero-order chi connectivity index (χ0) is 34.6. The first-order chi connectivity index (χ1) is 24.2. The van der Waals surface area contributed by atoms with Crippen LogP contribution >= 0.6 is 0 Å². The Morgan fingerprint density at radius 3 is 1.86 bits per heavy atom. The lowest BCUT2D eigenvalue weighted by atomic mass is 9.79. The summed E-state index contributed by atoms with van der Waals surface area (Å²) in [6.07, 6.45) is 4.79. The number of benzene rings is 8. The number of unbranched alkanes of at least 4 members (excludes halogenated alkanes) is 3. The van der Waals surface area contributed by atoms with Gasteiger partial charge < -0.3 is 9.47 Å². The minimum absolute atomic E-state index is 0.00417. The molecule has 0 saturated heterocycles. The molecule has 0 fully saturated rings. The maximum absolute atomic E-state index is 6.20. The van der Waals surface area contributed by atoms with E-state index in [2.05, 4.69) is 144 Å². The molecule has 8 rings (SSSR count). The fraction of sp³-hybridized carbons (Fsp3) is 0.250. The largest absolute Gasteiger partial charge is 0.497 e. The number of methoxy groups -OCH3 is 1. The predicted molar refractivity (Wildman–Crippen MR) is 216 cm³/mol. The average Bonchev–Trinajstić information content (AvgIpc) is 3.12. The van der Waals surface area contributed by atoms with Gasteiger partial charge >= 0.3 is 0 Å². The van der Waals surface area contributed by atoms with Crippen molar-refractivity contribution in [3.05, 3.63) is 120 Å². The molecular formula is C48H46O2. The summed E-state index contributed by atoms with van der Waals surface area (Å²) in [5.74, 6) is 1.80. The molecule has 50 heavy (non-hydrogen) atoms. The molecule has 2 heteroatoms. The van der Waals surface area contributed by atoms with Gasteiger partial charge in [0.05, 0.1) is 13.7 Å². The number of hydrogen-bond donors (Lipinski definition) is 0. The third kappa shape index (κ3) is 5.61. The molecule has 0 atom stereocenters. The number of rotatable bonds is 9. The monoisotopic (exact) mass is 654 g/mol. The highest BCUT2D eigenvalue weighted by Crippen LogP contribution is 2.49. The molecule has 0 aliphatic heterocycles. The molecule has 8 aromatic carbocycles. The van der Waals surface area contributed by atoms with Gasteiger partial charge in [0.2, 0.25) is 0 Å². The van der Waals surface area contributed by atoms with Crippen LogP contribution in [-0.2, 0) is 5.41 Å². The summed E-state index contributed by atoms with van der Waals surface area (Å²) in [6, 6.07) is 41.0. The molecular weight excluding hydrogens is 609 g/mol. The van der Waals surface area contributed by atoms with E-state index in [-0.39, 0.29) is 5.41 Å². The van der Waals surface area contributed by atoms with Gasteiger partial charge in [-0.15, -0.1) is 0 Å². The van der Waals surface area contributed by atoms with Gasteiger partial charge in [0.25, 0.3) is 0 Å². The Hall–Kier alpha value is -5.08. The van der Waals surface area contributed by atoms with Gasteiger partial charge in [-0.25, -0.2) is 0 Å². The van der Waals surface area contributed by atoms with Crippen LogP contribution in [0.3, 0.4) is 0 Å². The second-order valence-corrected chi connectivity index (χ2v) is 15.1. The molecule has 0 radical (unpaired) electrons. The van der Waals surface area contributed by atoms with E-state index in [4.69, 9.17) is 9.47 Å². The molecule has 0 unspecified atom stereocenters. The van der Waals surface area contributed by atoms with Gasteiger partial charge in [0, 0.05) is 0 Å². The van der Waals surface area contributed by atoms with Gasteiger partial charge in [-0.2, -0.15) is 0 Å². The first-order valence-corrected chi connectivity index (χ1v) is 18.2. The third-order valence-electron chi connectivity index (χ3n) is 10.6. The average molecular weight is 655 g/mol. The number of hydrogen-bond acceptors (Lipinski definition) is 2. The molecule has 0 spiro atoms. The zero-order valence-electron chi connectivity index (χ0n) is 30.2. The predicted octanol–water partition coefficient (Wildman–Crippen LogP) is 13.8. The molecule has 0 bridgehead atoms. The lowest BCUT2D eigenvalue weighted by Crippen LogP contribution is -2.11. The highest BCUT2D eigenvalue weighted by atomic mass is 16.5. The molecule has 0 N–H and O–H groups in total. The zero-order valence-corrected chi connectivity index (χ0v) is 30.2.